The molecule has 1 N–H and O–H groups in total. The fourth-order valence-electron chi connectivity index (χ4n) is 2.02. The van der Waals surface area contributed by atoms with Crippen LogP contribution in [0, 0.1) is 11.8 Å². The van der Waals surface area contributed by atoms with E-state index in [1.54, 1.807) is 0 Å². The molecule has 1 aliphatic rings. The topological polar surface area (TPSA) is 12.0 Å². The average molecular weight is 183 g/mol. The Kier molecular flexibility index (Phi) is 4.24. The summed E-state index contributed by atoms with van der Waals surface area (Å²) in [6.45, 7) is 9.29. The second-order valence-electron chi connectivity index (χ2n) is 4.94. The molecule has 0 aliphatic heterocycles. The van der Waals surface area contributed by atoms with E-state index in [2.05, 4.69) is 33.0 Å². The number of rotatable bonds is 6. The van der Waals surface area contributed by atoms with Crippen LogP contribution in [0.3, 0.4) is 0 Å². The van der Waals surface area contributed by atoms with Crippen LogP contribution in [-0.4, -0.2) is 12.1 Å². The van der Waals surface area contributed by atoms with Gasteiger partial charge in [0.15, 0.2) is 0 Å². The van der Waals surface area contributed by atoms with Gasteiger partial charge in [-0.1, -0.05) is 20.3 Å². The lowest BCUT2D eigenvalue weighted by atomic mass is 9.99. The minimum absolute atomic E-state index is 0.700. The van der Waals surface area contributed by atoms with Gasteiger partial charge >= 0.3 is 0 Å². The van der Waals surface area contributed by atoms with E-state index in [0.29, 0.717) is 6.04 Å². The van der Waals surface area contributed by atoms with E-state index >= 15 is 0 Å². The molecule has 1 rings (SSSR count). The van der Waals surface area contributed by atoms with Gasteiger partial charge in [-0.25, -0.2) is 0 Å². The summed E-state index contributed by atoms with van der Waals surface area (Å²) in [5.41, 5.74) is 0. The molecule has 1 fully saturated rings. The summed E-state index contributed by atoms with van der Waals surface area (Å²) in [5, 5.41) is 3.71. The van der Waals surface area contributed by atoms with Crippen molar-refractivity contribution in [3.63, 3.8) is 0 Å². The Morgan fingerprint density at radius 1 is 1.23 bits per heavy atom. The molecule has 1 saturated carbocycles. The van der Waals surface area contributed by atoms with Crippen molar-refractivity contribution in [3.05, 3.63) is 0 Å². The van der Waals surface area contributed by atoms with Crippen LogP contribution in [-0.2, 0) is 0 Å². The molecule has 13 heavy (non-hydrogen) atoms. The highest BCUT2D eigenvalue weighted by atomic mass is 14.9. The molecule has 0 radical (unpaired) electrons. The minimum Gasteiger partial charge on any atom is -0.311 e. The molecule has 3 unspecified atom stereocenters. The first-order valence-electron chi connectivity index (χ1n) is 5.89. The summed E-state index contributed by atoms with van der Waals surface area (Å²) in [6, 6.07) is 1.45. The highest BCUT2D eigenvalue weighted by Crippen LogP contribution is 2.32. The van der Waals surface area contributed by atoms with Gasteiger partial charge in [-0.3, -0.25) is 0 Å². The first kappa shape index (κ1) is 11.0. The Hall–Kier alpha value is -0.0400. The predicted octanol–water partition coefficient (Wildman–Crippen LogP) is 3.20. The molecule has 0 amide bonds. The fraction of sp³-hybridized carbons (Fsp3) is 1.00. The summed E-state index contributed by atoms with van der Waals surface area (Å²) in [5.74, 6) is 1.85. The molecule has 0 aromatic rings. The van der Waals surface area contributed by atoms with E-state index in [0.717, 1.165) is 17.9 Å². The molecule has 78 valence electrons. The highest BCUT2D eigenvalue weighted by molar-refractivity contribution is 4.84. The Balaban J connectivity index is 2.11. The van der Waals surface area contributed by atoms with E-state index in [-0.39, 0.29) is 0 Å². The summed E-state index contributed by atoms with van der Waals surface area (Å²) in [7, 11) is 0. The van der Waals surface area contributed by atoms with Crippen LogP contribution in [0.25, 0.3) is 0 Å². The molecule has 0 saturated heterocycles. The number of nitrogens with one attached hydrogen (secondary N) is 1. The third kappa shape index (κ3) is 4.12. The highest BCUT2D eigenvalue weighted by Gasteiger charge is 2.28. The van der Waals surface area contributed by atoms with Crippen LogP contribution >= 0.6 is 0 Å². The number of hydrogen-bond acceptors (Lipinski definition) is 1. The third-order valence-corrected chi connectivity index (χ3v) is 3.33. The normalized spacial score (nSPS) is 24.0. The van der Waals surface area contributed by atoms with E-state index in [1.807, 2.05) is 0 Å². The smallest absolute Gasteiger partial charge is 0.00694 e. The van der Waals surface area contributed by atoms with E-state index < -0.39 is 0 Å². The standard InChI is InChI=1S/C12H25N/c1-5-9(2)8-10(3)13-11(4)12-6-7-12/h9-13H,5-8H2,1-4H3. The van der Waals surface area contributed by atoms with Gasteiger partial charge in [0.1, 0.15) is 0 Å². The maximum atomic E-state index is 3.71. The van der Waals surface area contributed by atoms with E-state index in [4.69, 9.17) is 0 Å². The second-order valence-corrected chi connectivity index (χ2v) is 4.94. The lowest BCUT2D eigenvalue weighted by Gasteiger charge is -2.22. The maximum absolute atomic E-state index is 3.71. The lowest BCUT2D eigenvalue weighted by Crippen LogP contribution is -2.36. The zero-order valence-electron chi connectivity index (χ0n) is 9.64. The fourth-order valence-corrected chi connectivity index (χ4v) is 2.02. The van der Waals surface area contributed by atoms with Gasteiger partial charge in [0.05, 0.1) is 0 Å². The molecular formula is C12H25N. The molecule has 1 nitrogen and oxygen atoms in total. The average Bonchev–Trinajstić information content (AvgIpc) is 2.85. The zero-order chi connectivity index (χ0) is 9.84. The van der Waals surface area contributed by atoms with Gasteiger partial charge in [-0.2, -0.15) is 0 Å². The SMILES string of the molecule is CCC(C)CC(C)NC(C)C1CC1. The molecule has 0 bridgehead atoms. The zero-order valence-corrected chi connectivity index (χ0v) is 9.64. The third-order valence-electron chi connectivity index (χ3n) is 3.33. The monoisotopic (exact) mass is 183 g/mol. The van der Waals surface area contributed by atoms with Crippen LogP contribution in [0.15, 0.2) is 0 Å². The summed E-state index contributed by atoms with van der Waals surface area (Å²) < 4.78 is 0. The largest absolute Gasteiger partial charge is 0.311 e. The lowest BCUT2D eigenvalue weighted by molar-refractivity contribution is 0.365. The molecule has 1 aliphatic carbocycles. The Bertz CT molecular complexity index is 140. The van der Waals surface area contributed by atoms with Crippen molar-refractivity contribution < 1.29 is 0 Å². The van der Waals surface area contributed by atoms with E-state index in [9.17, 15) is 0 Å². The van der Waals surface area contributed by atoms with Gasteiger partial charge in [0, 0.05) is 12.1 Å². The second kappa shape index (κ2) is 4.99. The molecule has 0 aromatic carbocycles. The van der Waals surface area contributed by atoms with Crippen molar-refractivity contribution in [1.29, 1.82) is 0 Å². The molecule has 0 heterocycles. The van der Waals surface area contributed by atoms with Gasteiger partial charge in [0.25, 0.3) is 0 Å². The van der Waals surface area contributed by atoms with Gasteiger partial charge in [-0.15, -0.1) is 0 Å². The van der Waals surface area contributed by atoms with Crippen LogP contribution in [0.1, 0.15) is 53.4 Å². The van der Waals surface area contributed by atoms with Crippen molar-refractivity contribution >= 4 is 0 Å². The summed E-state index contributed by atoms with van der Waals surface area (Å²) >= 11 is 0. The van der Waals surface area contributed by atoms with Gasteiger partial charge in [-0.05, 0) is 44.9 Å². The first-order valence-corrected chi connectivity index (χ1v) is 5.89. The van der Waals surface area contributed by atoms with Crippen molar-refractivity contribution in [3.8, 4) is 0 Å². The number of hydrogen-bond donors (Lipinski definition) is 1. The van der Waals surface area contributed by atoms with Crippen LogP contribution in [0.2, 0.25) is 0 Å². The van der Waals surface area contributed by atoms with Crippen molar-refractivity contribution in [2.45, 2.75) is 65.5 Å². The van der Waals surface area contributed by atoms with Crippen molar-refractivity contribution in [2.24, 2.45) is 11.8 Å². The molecule has 0 spiro atoms. The van der Waals surface area contributed by atoms with Crippen molar-refractivity contribution in [1.82, 2.24) is 5.32 Å². The summed E-state index contributed by atoms with van der Waals surface area (Å²) in [4.78, 5) is 0. The van der Waals surface area contributed by atoms with Crippen LogP contribution < -0.4 is 5.32 Å². The van der Waals surface area contributed by atoms with Crippen LogP contribution in [0.4, 0.5) is 0 Å². The Labute approximate surface area is 83.3 Å². The van der Waals surface area contributed by atoms with Crippen LogP contribution in [0.5, 0.6) is 0 Å². The van der Waals surface area contributed by atoms with E-state index in [1.165, 1.54) is 25.7 Å². The maximum Gasteiger partial charge on any atom is 0.00694 e. The predicted molar refractivity (Wildman–Crippen MR) is 58.9 cm³/mol. The molecule has 1 heteroatoms. The van der Waals surface area contributed by atoms with Gasteiger partial charge in [0.2, 0.25) is 0 Å². The molecule has 3 atom stereocenters. The quantitative estimate of drug-likeness (QED) is 0.667. The minimum atomic E-state index is 0.700. The van der Waals surface area contributed by atoms with Crippen molar-refractivity contribution in [2.75, 3.05) is 0 Å². The first-order chi connectivity index (χ1) is 6.13. The Morgan fingerprint density at radius 2 is 1.85 bits per heavy atom. The molecule has 0 aromatic heterocycles. The van der Waals surface area contributed by atoms with Gasteiger partial charge < -0.3 is 5.32 Å². The Morgan fingerprint density at radius 3 is 2.31 bits per heavy atom. The summed E-state index contributed by atoms with van der Waals surface area (Å²) in [6.07, 6.45) is 5.53. The molecular weight excluding hydrogens is 158 g/mol.